The Hall–Kier alpha value is -0.640. The van der Waals surface area contributed by atoms with Crippen molar-refractivity contribution in [3.05, 3.63) is 0 Å². The molecule has 0 aromatic carbocycles. The average molecular weight is 268 g/mol. The molecule has 3 N–H and O–H groups in total. The molecule has 18 heavy (non-hydrogen) atoms. The number of nitrogens with one attached hydrogen (secondary N) is 1. The van der Waals surface area contributed by atoms with Crippen LogP contribution in [-0.2, 0) is 4.79 Å². The van der Waals surface area contributed by atoms with E-state index in [-0.39, 0.29) is 5.91 Å². The Morgan fingerprint density at radius 2 is 1.94 bits per heavy atom. The van der Waals surface area contributed by atoms with Gasteiger partial charge < -0.3 is 11.1 Å². The summed E-state index contributed by atoms with van der Waals surface area (Å²) in [4.78, 5) is 12.5. The highest BCUT2D eigenvalue weighted by molar-refractivity contribution is 7.80. The SMILES string of the molecule is CC1CCC(NC(=O)CC2CCC2)(C(N)=S)CC1. The summed E-state index contributed by atoms with van der Waals surface area (Å²) in [6, 6.07) is 0. The van der Waals surface area contributed by atoms with Crippen molar-refractivity contribution in [3.63, 3.8) is 0 Å². The van der Waals surface area contributed by atoms with Gasteiger partial charge in [-0.05, 0) is 50.4 Å². The van der Waals surface area contributed by atoms with E-state index < -0.39 is 5.54 Å². The van der Waals surface area contributed by atoms with Crippen molar-refractivity contribution < 1.29 is 4.79 Å². The molecule has 0 aliphatic heterocycles. The molecule has 4 heteroatoms. The molecule has 0 aromatic heterocycles. The summed E-state index contributed by atoms with van der Waals surface area (Å²) in [7, 11) is 0. The van der Waals surface area contributed by atoms with E-state index >= 15 is 0 Å². The second-order valence-electron chi connectivity index (χ2n) is 6.18. The van der Waals surface area contributed by atoms with Crippen LogP contribution < -0.4 is 11.1 Å². The van der Waals surface area contributed by atoms with Crippen LogP contribution in [-0.4, -0.2) is 16.4 Å². The quantitative estimate of drug-likeness (QED) is 0.770. The highest BCUT2D eigenvalue weighted by atomic mass is 32.1. The molecule has 0 spiro atoms. The Morgan fingerprint density at radius 3 is 2.39 bits per heavy atom. The smallest absolute Gasteiger partial charge is 0.221 e. The number of hydrogen-bond acceptors (Lipinski definition) is 2. The third-order valence-corrected chi connectivity index (χ3v) is 5.07. The first-order valence-corrected chi connectivity index (χ1v) is 7.53. The number of hydrogen-bond donors (Lipinski definition) is 2. The number of nitrogens with two attached hydrogens (primary N) is 1. The first-order chi connectivity index (χ1) is 8.52. The summed E-state index contributed by atoms with van der Waals surface area (Å²) < 4.78 is 0. The van der Waals surface area contributed by atoms with Gasteiger partial charge in [0.05, 0.1) is 10.5 Å². The van der Waals surface area contributed by atoms with Crippen LogP contribution in [0.1, 0.15) is 58.3 Å². The zero-order valence-electron chi connectivity index (χ0n) is 11.2. The molecule has 2 fully saturated rings. The number of carbonyl (C=O) groups is 1. The molecule has 0 aromatic rings. The Morgan fingerprint density at radius 1 is 1.33 bits per heavy atom. The van der Waals surface area contributed by atoms with Crippen LogP contribution in [0, 0.1) is 11.8 Å². The first-order valence-electron chi connectivity index (χ1n) is 7.13. The normalized spacial score (nSPS) is 32.6. The van der Waals surface area contributed by atoms with Gasteiger partial charge in [0, 0.05) is 6.42 Å². The fourth-order valence-electron chi connectivity index (χ4n) is 2.96. The van der Waals surface area contributed by atoms with Crippen molar-refractivity contribution in [2.75, 3.05) is 0 Å². The van der Waals surface area contributed by atoms with E-state index in [2.05, 4.69) is 12.2 Å². The molecule has 0 radical (unpaired) electrons. The van der Waals surface area contributed by atoms with E-state index in [1.807, 2.05) is 0 Å². The third-order valence-electron chi connectivity index (χ3n) is 4.68. The van der Waals surface area contributed by atoms with Gasteiger partial charge in [-0.15, -0.1) is 0 Å². The highest BCUT2D eigenvalue weighted by Gasteiger charge is 2.38. The van der Waals surface area contributed by atoms with Gasteiger partial charge in [0.1, 0.15) is 0 Å². The minimum Gasteiger partial charge on any atom is -0.391 e. The molecule has 2 saturated carbocycles. The fraction of sp³-hybridized carbons (Fsp3) is 0.857. The summed E-state index contributed by atoms with van der Waals surface area (Å²) >= 11 is 5.20. The lowest BCUT2D eigenvalue weighted by molar-refractivity contribution is -0.124. The van der Waals surface area contributed by atoms with Crippen LogP contribution in [0.5, 0.6) is 0 Å². The van der Waals surface area contributed by atoms with Crippen molar-refractivity contribution >= 4 is 23.1 Å². The summed E-state index contributed by atoms with van der Waals surface area (Å²) in [5, 5.41) is 3.15. The number of thiocarbonyl (C=S) groups is 1. The zero-order chi connectivity index (χ0) is 13.2. The molecule has 0 bridgehead atoms. The molecular formula is C14H24N2OS. The fourth-order valence-corrected chi connectivity index (χ4v) is 3.22. The van der Waals surface area contributed by atoms with E-state index in [0.29, 0.717) is 17.3 Å². The van der Waals surface area contributed by atoms with E-state index in [9.17, 15) is 4.79 Å². The number of amides is 1. The van der Waals surface area contributed by atoms with Crippen LogP contribution in [0.25, 0.3) is 0 Å². The Labute approximate surface area is 115 Å². The van der Waals surface area contributed by atoms with Gasteiger partial charge in [0.15, 0.2) is 0 Å². The minimum absolute atomic E-state index is 0.141. The molecule has 102 valence electrons. The van der Waals surface area contributed by atoms with Crippen LogP contribution in [0.3, 0.4) is 0 Å². The van der Waals surface area contributed by atoms with E-state index in [1.165, 1.54) is 19.3 Å². The Balaban J connectivity index is 1.92. The Bertz CT molecular complexity index is 331. The summed E-state index contributed by atoms with van der Waals surface area (Å²) in [5.41, 5.74) is 5.49. The van der Waals surface area contributed by atoms with E-state index in [0.717, 1.165) is 31.6 Å². The summed E-state index contributed by atoms with van der Waals surface area (Å²) in [6.07, 6.45) is 8.33. The standard InChI is InChI=1S/C14H24N2OS/c1-10-5-7-14(8-6-10,13(15)18)16-12(17)9-11-3-2-4-11/h10-11H,2-9H2,1H3,(H2,15,18)(H,16,17). The van der Waals surface area contributed by atoms with Crippen molar-refractivity contribution in [2.24, 2.45) is 17.6 Å². The topological polar surface area (TPSA) is 55.1 Å². The average Bonchev–Trinajstić information content (AvgIpc) is 2.27. The Kier molecular flexibility index (Phi) is 4.25. The second-order valence-corrected chi connectivity index (χ2v) is 6.62. The molecule has 0 heterocycles. The number of carbonyl (C=O) groups excluding carboxylic acids is 1. The maximum absolute atomic E-state index is 12.1. The maximum atomic E-state index is 12.1. The monoisotopic (exact) mass is 268 g/mol. The van der Waals surface area contributed by atoms with Crippen LogP contribution in [0.15, 0.2) is 0 Å². The molecule has 2 aliphatic rings. The lowest BCUT2D eigenvalue weighted by Gasteiger charge is -2.40. The first kappa shape index (κ1) is 13.8. The molecule has 0 unspecified atom stereocenters. The minimum atomic E-state index is -0.400. The number of rotatable bonds is 4. The summed E-state index contributed by atoms with van der Waals surface area (Å²) in [6.45, 7) is 2.25. The van der Waals surface area contributed by atoms with Crippen molar-refractivity contribution in [1.82, 2.24) is 5.32 Å². The largest absolute Gasteiger partial charge is 0.391 e. The third kappa shape index (κ3) is 3.02. The second kappa shape index (κ2) is 5.55. The predicted octanol–water partition coefficient (Wildman–Crippen LogP) is 2.53. The molecule has 3 nitrogen and oxygen atoms in total. The lowest BCUT2D eigenvalue weighted by atomic mass is 9.76. The predicted molar refractivity (Wildman–Crippen MR) is 77.2 cm³/mol. The lowest BCUT2D eigenvalue weighted by Crippen LogP contribution is -2.58. The van der Waals surface area contributed by atoms with E-state index in [1.54, 1.807) is 0 Å². The molecular weight excluding hydrogens is 244 g/mol. The van der Waals surface area contributed by atoms with Crippen molar-refractivity contribution in [2.45, 2.75) is 63.8 Å². The van der Waals surface area contributed by atoms with Crippen LogP contribution >= 0.6 is 12.2 Å². The highest BCUT2D eigenvalue weighted by Crippen LogP contribution is 2.33. The van der Waals surface area contributed by atoms with Crippen LogP contribution in [0.4, 0.5) is 0 Å². The molecule has 0 atom stereocenters. The van der Waals surface area contributed by atoms with Gasteiger partial charge >= 0.3 is 0 Å². The summed E-state index contributed by atoms with van der Waals surface area (Å²) in [5.74, 6) is 1.45. The molecule has 2 rings (SSSR count). The van der Waals surface area contributed by atoms with Gasteiger partial charge in [-0.3, -0.25) is 4.79 Å². The van der Waals surface area contributed by atoms with Gasteiger partial charge in [-0.25, -0.2) is 0 Å². The zero-order valence-corrected chi connectivity index (χ0v) is 12.0. The van der Waals surface area contributed by atoms with Gasteiger partial charge in [0.25, 0.3) is 0 Å². The van der Waals surface area contributed by atoms with Gasteiger partial charge in [0.2, 0.25) is 5.91 Å². The molecule has 1 amide bonds. The van der Waals surface area contributed by atoms with E-state index in [4.69, 9.17) is 18.0 Å². The van der Waals surface area contributed by atoms with Crippen molar-refractivity contribution in [1.29, 1.82) is 0 Å². The van der Waals surface area contributed by atoms with Crippen LogP contribution in [0.2, 0.25) is 0 Å². The maximum Gasteiger partial charge on any atom is 0.221 e. The molecule has 0 saturated heterocycles. The van der Waals surface area contributed by atoms with Gasteiger partial charge in [-0.2, -0.15) is 0 Å². The van der Waals surface area contributed by atoms with Gasteiger partial charge in [-0.1, -0.05) is 25.6 Å². The molecule has 2 aliphatic carbocycles. The van der Waals surface area contributed by atoms with Crippen molar-refractivity contribution in [3.8, 4) is 0 Å².